The highest BCUT2D eigenvalue weighted by molar-refractivity contribution is 5.97. The van der Waals surface area contributed by atoms with Gasteiger partial charge in [0.1, 0.15) is 29.1 Å². The maximum Gasteiger partial charge on any atom is 0.408 e. The van der Waals surface area contributed by atoms with E-state index in [2.05, 4.69) is 4.98 Å². The van der Waals surface area contributed by atoms with Crippen LogP contribution in [0.4, 0.5) is 27.8 Å². The summed E-state index contributed by atoms with van der Waals surface area (Å²) >= 11 is 0. The van der Waals surface area contributed by atoms with Gasteiger partial charge in [-0.25, -0.2) is 13.8 Å². The Morgan fingerprint density at radius 3 is 2.38 bits per heavy atom. The summed E-state index contributed by atoms with van der Waals surface area (Å²) in [6, 6.07) is 3.31. The number of nitrogens with zero attached hydrogens (tertiary/aromatic N) is 3. The van der Waals surface area contributed by atoms with Crippen LogP contribution in [0.2, 0.25) is 0 Å². The minimum Gasteiger partial charge on any atom is -0.363 e. The van der Waals surface area contributed by atoms with Gasteiger partial charge in [0.25, 0.3) is 5.91 Å². The predicted octanol–water partition coefficient (Wildman–Crippen LogP) is 4.44. The van der Waals surface area contributed by atoms with Crippen molar-refractivity contribution in [2.24, 2.45) is 5.92 Å². The molecule has 11 heteroatoms. The van der Waals surface area contributed by atoms with Gasteiger partial charge in [-0.15, -0.1) is 0 Å². The first-order valence-electron chi connectivity index (χ1n) is 10.4. The van der Waals surface area contributed by atoms with Gasteiger partial charge in [0, 0.05) is 26.4 Å². The van der Waals surface area contributed by atoms with Gasteiger partial charge in [-0.05, 0) is 36.6 Å². The van der Waals surface area contributed by atoms with Crippen LogP contribution in [0, 0.1) is 17.6 Å². The molecule has 3 aromatic rings. The monoisotopic (exact) mass is 482 g/mol. The van der Waals surface area contributed by atoms with Gasteiger partial charge in [0.2, 0.25) is 5.43 Å². The number of alkyl halides is 3. The molecule has 0 fully saturated rings. The number of carbonyl (C=O) groups is 1. The minimum absolute atomic E-state index is 0.0483. The lowest BCUT2D eigenvalue weighted by molar-refractivity contribution is -0.156. The molecule has 1 atom stereocenters. The molecule has 0 radical (unpaired) electrons. The van der Waals surface area contributed by atoms with E-state index in [9.17, 15) is 31.5 Å². The van der Waals surface area contributed by atoms with Crippen molar-refractivity contribution < 1.29 is 26.7 Å². The second-order valence-electron chi connectivity index (χ2n) is 8.47. The molecule has 6 nitrogen and oxygen atoms in total. The number of hydrogen-bond acceptors (Lipinski definition) is 4. The Balaban J connectivity index is 2.24. The zero-order chi connectivity index (χ0) is 25.4. The van der Waals surface area contributed by atoms with Gasteiger partial charge >= 0.3 is 6.18 Å². The zero-order valence-electron chi connectivity index (χ0n) is 18.9. The second-order valence-corrected chi connectivity index (χ2v) is 8.47. The van der Waals surface area contributed by atoms with Crippen molar-refractivity contribution in [1.82, 2.24) is 14.9 Å². The van der Waals surface area contributed by atoms with Gasteiger partial charge in [-0.3, -0.25) is 14.2 Å². The average molecular weight is 482 g/mol. The zero-order valence-corrected chi connectivity index (χ0v) is 18.9. The molecule has 1 aromatic carbocycles. The summed E-state index contributed by atoms with van der Waals surface area (Å²) in [5.41, 5.74) is -1.78. The summed E-state index contributed by atoms with van der Waals surface area (Å²) in [5.74, 6) is -3.12. The number of amides is 1. The number of rotatable bonds is 6. The van der Waals surface area contributed by atoms with Gasteiger partial charge in [-0.1, -0.05) is 13.8 Å². The van der Waals surface area contributed by atoms with Crippen LogP contribution >= 0.6 is 0 Å². The fourth-order valence-electron chi connectivity index (χ4n) is 3.45. The van der Waals surface area contributed by atoms with E-state index in [0.717, 1.165) is 22.9 Å². The standard InChI is InChI=1S/C23H23F5N4O2/c1-12(2)9-18(23(26,27)28)29-22(34)15-11-32(17-7-5-13(24)10-16(17)25)21-14(20(15)33)6-8-19(30-21)31(3)4/h5-8,10-12,18H,9H2,1-4H3,(H,29,34)/t18-/m0/s1. The molecule has 3 rings (SSSR count). The Bertz CT molecular complexity index is 1280. The molecule has 0 aliphatic carbocycles. The number of hydrogen-bond donors (Lipinski definition) is 1. The van der Waals surface area contributed by atoms with Crippen molar-refractivity contribution in [1.29, 1.82) is 0 Å². The molecule has 0 aliphatic rings. The molecule has 0 spiro atoms. The summed E-state index contributed by atoms with van der Waals surface area (Å²) in [6.07, 6.45) is -4.20. The Morgan fingerprint density at radius 1 is 1.15 bits per heavy atom. The number of anilines is 1. The number of aromatic nitrogens is 2. The fourth-order valence-corrected chi connectivity index (χ4v) is 3.45. The van der Waals surface area contributed by atoms with Crippen molar-refractivity contribution in [2.45, 2.75) is 32.5 Å². The van der Waals surface area contributed by atoms with Crippen LogP contribution in [0.1, 0.15) is 30.6 Å². The van der Waals surface area contributed by atoms with Crippen molar-refractivity contribution in [3.8, 4) is 5.69 Å². The highest BCUT2D eigenvalue weighted by Crippen LogP contribution is 2.26. The maximum atomic E-state index is 14.6. The van der Waals surface area contributed by atoms with Gasteiger partial charge in [0.05, 0.1) is 11.1 Å². The van der Waals surface area contributed by atoms with Crippen LogP contribution in [0.3, 0.4) is 0 Å². The summed E-state index contributed by atoms with van der Waals surface area (Å²) in [4.78, 5) is 31.9. The lowest BCUT2D eigenvalue weighted by Crippen LogP contribution is -2.47. The van der Waals surface area contributed by atoms with E-state index in [1.54, 1.807) is 32.8 Å². The maximum absolute atomic E-state index is 14.6. The molecule has 0 saturated carbocycles. The first-order valence-corrected chi connectivity index (χ1v) is 10.4. The Hall–Kier alpha value is -3.50. The number of pyridine rings is 2. The summed E-state index contributed by atoms with van der Waals surface area (Å²) in [5, 5.41) is 1.77. The third kappa shape index (κ3) is 5.18. The normalized spacial score (nSPS) is 12.8. The van der Waals surface area contributed by atoms with E-state index < -0.39 is 47.2 Å². The van der Waals surface area contributed by atoms with Crippen molar-refractivity contribution in [3.63, 3.8) is 0 Å². The lowest BCUT2D eigenvalue weighted by Gasteiger charge is -2.23. The number of carbonyl (C=O) groups excluding carboxylic acids is 1. The van der Waals surface area contributed by atoms with Crippen LogP contribution in [0.5, 0.6) is 0 Å². The van der Waals surface area contributed by atoms with Gasteiger partial charge in [0.15, 0.2) is 5.65 Å². The molecule has 0 saturated heterocycles. The highest BCUT2D eigenvalue weighted by atomic mass is 19.4. The number of nitrogens with one attached hydrogen (secondary N) is 1. The molecule has 1 amide bonds. The van der Waals surface area contributed by atoms with Crippen molar-refractivity contribution in [3.05, 3.63) is 63.9 Å². The van der Waals surface area contributed by atoms with Crippen LogP contribution in [-0.2, 0) is 0 Å². The van der Waals surface area contributed by atoms with Crippen LogP contribution in [0.25, 0.3) is 16.7 Å². The molecule has 0 bridgehead atoms. The Labute approximate surface area is 192 Å². The lowest BCUT2D eigenvalue weighted by atomic mass is 10.0. The first-order chi connectivity index (χ1) is 15.8. The van der Waals surface area contributed by atoms with Crippen LogP contribution in [-0.4, -0.2) is 41.8 Å². The topological polar surface area (TPSA) is 67.2 Å². The minimum atomic E-state index is -4.74. The third-order valence-electron chi connectivity index (χ3n) is 5.12. The average Bonchev–Trinajstić information content (AvgIpc) is 2.72. The van der Waals surface area contributed by atoms with Crippen molar-refractivity contribution in [2.75, 3.05) is 19.0 Å². The largest absolute Gasteiger partial charge is 0.408 e. The highest BCUT2D eigenvalue weighted by Gasteiger charge is 2.41. The first kappa shape index (κ1) is 25.1. The predicted molar refractivity (Wildman–Crippen MR) is 118 cm³/mol. The van der Waals surface area contributed by atoms with E-state index in [-0.39, 0.29) is 22.6 Å². The van der Waals surface area contributed by atoms with Crippen LogP contribution < -0.4 is 15.6 Å². The smallest absolute Gasteiger partial charge is 0.363 e. The Kier molecular flexibility index (Phi) is 6.94. The molecule has 2 heterocycles. The van der Waals surface area contributed by atoms with E-state index in [4.69, 9.17) is 0 Å². The van der Waals surface area contributed by atoms with E-state index in [1.807, 2.05) is 5.32 Å². The summed E-state index contributed by atoms with van der Waals surface area (Å²) in [6.45, 7) is 3.14. The molecule has 0 aliphatic heterocycles. The summed E-state index contributed by atoms with van der Waals surface area (Å²) in [7, 11) is 3.37. The molecule has 0 unspecified atom stereocenters. The molecule has 34 heavy (non-hydrogen) atoms. The van der Waals surface area contributed by atoms with E-state index in [0.29, 0.717) is 11.9 Å². The van der Waals surface area contributed by atoms with Gasteiger partial charge < -0.3 is 10.2 Å². The quantitative estimate of drug-likeness (QED) is 0.528. The molecule has 2 aromatic heterocycles. The van der Waals surface area contributed by atoms with Gasteiger partial charge in [-0.2, -0.15) is 13.2 Å². The summed E-state index contributed by atoms with van der Waals surface area (Å²) < 4.78 is 69.6. The fraction of sp³-hybridized carbons (Fsp3) is 0.348. The molecule has 1 N–H and O–H groups in total. The van der Waals surface area contributed by atoms with Crippen LogP contribution in [0.15, 0.2) is 41.3 Å². The van der Waals surface area contributed by atoms with E-state index >= 15 is 0 Å². The molecule has 182 valence electrons. The molecular weight excluding hydrogens is 459 g/mol. The number of halogens is 5. The number of fused-ring (bicyclic) bond motifs is 1. The van der Waals surface area contributed by atoms with E-state index in [1.165, 1.54) is 12.1 Å². The third-order valence-corrected chi connectivity index (χ3v) is 5.12. The second kappa shape index (κ2) is 9.40. The SMILES string of the molecule is CC(C)C[C@H](NC(=O)c1cn(-c2ccc(F)cc2F)c2nc(N(C)C)ccc2c1=O)C(F)(F)F. The van der Waals surface area contributed by atoms with Crippen molar-refractivity contribution >= 4 is 22.8 Å². The Morgan fingerprint density at radius 2 is 1.82 bits per heavy atom. The number of benzene rings is 1. The molecular formula is C23H23F5N4O2.